The molecule has 0 aromatic carbocycles. The number of carbonyl (C=O) groups is 2. The van der Waals surface area contributed by atoms with Crippen LogP contribution in [-0.4, -0.2) is 52.5 Å². The van der Waals surface area contributed by atoms with Gasteiger partial charge in [0.1, 0.15) is 6.10 Å². The molecule has 0 spiro atoms. The van der Waals surface area contributed by atoms with Gasteiger partial charge in [-0.1, -0.05) is 0 Å². The van der Waals surface area contributed by atoms with Gasteiger partial charge in [-0.3, -0.25) is 9.59 Å². The van der Waals surface area contributed by atoms with Crippen molar-refractivity contribution in [3.8, 4) is 6.01 Å². The molecule has 0 unspecified atom stereocenters. The van der Waals surface area contributed by atoms with Gasteiger partial charge in [0.2, 0.25) is 5.91 Å². The second-order valence-corrected chi connectivity index (χ2v) is 5.03. The lowest BCUT2D eigenvalue weighted by atomic mass is 10.1. The predicted molar refractivity (Wildman–Crippen MR) is 78.1 cm³/mol. The summed E-state index contributed by atoms with van der Waals surface area (Å²) in [7, 11) is 0. The normalized spacial score (nSPS) is 15.4. The van der Waals surface area contributed by atoms with Gasteiger partial charge in [-0.2, -0.15) is 0 Å². The SMILES string of the molecule is CCOC(=O)CCC(=O)N1CCC(Oc2ncccn2)CC1. The molecule has 7 heteroatoms. The molecule has 0 bridgehead atoms. The molecule has 0 atom stereocenters. The number of nitrogens with zero attached hydrogens (tertiary/aromatic N) is 3. The van der Waals surface area contributed by atoms with Crippen LogP contribution < -0.4 is 4.74 Å². The number of carbonyl (C=O) groups excluding carboxylic acids is 2. The molecule has 1 saturated heterocycles. The first kappa shape index (κ1) is 16.2. The van der Waals surface area contributed by atoms with E-state index in [0.717, 1.165) is 12.8 Å². The van der Waals surface area contributed by atoms with Crippen LogP contribution in [-0.2, 0) is 14.3 Å². The Balaban J connectivity index is 1.70. The zero-order valence-electron chi connectivity index (χ0n) is 12.7. The van der Waals surface area contributed by atoms with Crippen LogP contribution in [0.15, 0.2) is 18.5 Å². The maximum absolute atomic E-state index is 12.0. The van der Waals surface area contributed by atoms with Crippen molar-refractivity contribution in [2.24, 2.45) is 0 Å². The van der Waals surface area contributed by atoms with E-state index in [1.807, 2.05) is 0 Å². The lowest BCUT2D eigenvalue weighted by Gasteiger charge is -2.31. The van der Waals surface area contributed by atoms with Gasteiger partial charge in [0, 0.05) is 44.7 Å². The Kier molecular flexibility index (Phi) is 6.12. The van der Waals surface area contributed by atoms with Crippen molar-refractivity contribution in [1.29, 1.82) is 0 Å². The number of ether oxygens (including phenoxy) is 2. The van der Waals surface area contributed by atoms with Gasteiger partial charge in [-0.25, -0.2) is 9.97 Å². The second-order valence-electron chi connectivity index (χ2n) is 5.03. The highest BCUT2D eigenvalue weighted by Gasteiger charge is 2.24. The van der Waals surface area contributed by atoms with Crippen LogP contribution in [0.2, 0.25) is 0 Å². The van der Waals surface area contributed by atoms with Crippen molar-refractivity contribution in [3.05, 3.63) is 18.5 Å². The van der Waals surface area contributed by atoms with E-state index in [9.17, 15) is 9.59 Å². The van der Waals surface area contributed by atoms with E-state index in [2.05, 4.69) is 9.97 Å². The summed E-state index contributed by atoms with van der Waals surface area (Å²) in [6.07, 6.45) is 5.11. The van der Waals surface area contributed by atoms with Crippen molar-refractivity contribution >= 4 is 11.9 Å². The molecule has 22 heavy (non-hydrogen) atoms. The minimum Gasteiger partial charge on any atom is -0.466 e. The lowest BCUT2D eigenvalue weighted by molar-refractivity contribution is -0.146. The highest BCUT2D eigenvalue weighted by Crippen LogP contribution is 2.16. The average molecular weight is 307 g/mol. The predicted octanol–water partition coefficient (Wildman–Crippen LogP) is 1.19. The first-order valence-corrected chi connectivity index (χ1v) is 7.56. The number of esters is 1. The molecule has 120 valence electrons. The highest BCUT2D eigenvalue weighted by molar-refractivity contribution is 5.81. The molecular formula is C15H21N3O4. The van der Waals surface area contributed by atoms with E-state index >= 15 is 0 Å². The Labute approximate surface area is 129 Å². The van der Waals surface area contributed by atoms with E-state index < -0.39 is 0 Å². The van der Waals surface area contributed by atoms with Crippen molar-refractivity contribution in [2.45, 2.75) is 38.7 Å². The van der Waals surface area contributed by atoms with E-state index in [4.69, 9.17) is 9.47 Å². The quantitative estimate of drug-likeness (QED) is 0.734. The van der Waals surface area contributed by atoms with E-state index in [1.165, 1.54) is 0 Å². The summed E-state index contributed by atoms with van der Waals surface area (Å²) >= 11 is 0. The van der Waals surface area contributed by atoms with Crippen LogP contribution in [0.3, 0.4) is 0 Å². The minimum absolute atomic E-state index is 0.0116. The molecule has 7 nitrogen and oxygen atoms in total. The molecule has 1 aromatic heterocycles. The van der Waals surface area contributed by atoms with Gasteiger partial charge < -0.3 is 14.4 Å². The Hall–Kier alpha value is -2.18. The standard InChI is InChI=1S/C15H21N3O4/c1-2-21-14(20)5-4-13(19)18-10-6-12(7-11-18)22-15-16-8-3-9-17-15/h3,8-9,12H,2,4-7,10-11H2,1H3. The number of hydrogen-bond donors (Lipinski definition) is 0. The number of aromatic nitrogens is 2. The van der Waals surface area contributed by atoms with Crippen molar-refractivity contribution in [3.63, 3.8) is 0 Å². The summed E-state index contributed by atoms with van der Waals surface area (Å²) in [6, 6.07) is 2.10. The Morgan fingerprint density at radius 1 is 1.23 bits per heavy atom. The summed E-state index contributed by atoms with van der Waals surface area (Å²) in [4.78, 5) is 33.1. The van der Waals surface area contributed by atoms with Crippen LogP contribution >= 0.6 is 0 Å². The zero-order chi connectivity index (χ0) is 15.8. The van der Waals surface area contributed by atoms with Crippen molar-refractivity contribution in [1.82, 2.24) is 14.9 Å². The third-order valence-electron chi connectivity index (χ3n) is 3.46. The van der Waals surface area contributed by atoms with Gasteiger partial charge in [-0.15, -0.1) is 0 Å². The molecule has 0 saturated carbocycles. The fourth-order valence-electron chi connectivity index (χ4n) is 2.32. The van der Waals surface area contributed by atoms with Crippen LogP contribution in [0.5, 0.6) is 6.01 Å². The van der Waals surface area contributed by atoms with Gasteiger partial charge in [0.05, 0.1) is 13.0 Å². The number of rotatable bonds is 6. The Morgan fingerprint density at radius 3 is 2.55 bits per heavy atom. The summed E-state index contributed by atoms with van der Waals surface area (Å²) in [5.41, 5.74) is 0. The summed E-state index contributed by atoms with van der Waals surface area (Å²) in [5.74, 6) is -0.335. The second kappa shape index (κ2) is 8.31. The molecule has 0 aliphatic carbocycles. The topological polar surface area (TPSA) is 81.6 Å². The molecule has 1 aromatic rings. The van der Waals surface area contributed by atoms with Gasteiger partial charge in [0.25, 0.3) is 0 Å². The molecule has 1 fully saturated rings. The lowest BCUT2D eigenvalue weighted by Crippen LogP contribution is -2.42. The molecule has 2 heterocycles. The number of hydrogen-bond acceptors (Lipinski definition) is 6. The molecular weight excluding hydrogens is 286 g/mol. The molecule has 1 amide bonds. The summed E-state index contributed by atoms with van der Waals surface area (Å²) in [6.45, 7) is 3.34. The third kappa shape index (κ3) is 4.98. The first-order valence-electron chi connectivity index (χ1n) is 7.56. The van der Waals surface area contributed by atoms with Gasteiger partial charge in [0.15, 0.2) is 0 Å². The minimum atomic E-state index is -0.324. The van der Waals surface area contributed by atoms with E-state index in [1.54, 1.807) is 30.3 Å². The Morgan fingerprint density at radius 2 is 1.91 bits per heavy atom. The monoisotopic (exact) mass is 307 g/mol. The number of piperidine rings is 1. The smallest absolute Gasteiger partial charge is 0.316 e. The third-order valence-corrected chi connectivity index (χ3v) is 3.46. The maximum atomic E-state index is 12.0. The van der Waals surface area contributed by atoms with Crippen LogP contribution in [0.1, 0.15) is 32.6 Å². The van der Waals surface area contributed by atoms with E-state index in [0.29, 0.717) is 25.7 Å². The van der Waals surface area contributed by atoms with Crippen molar-refractivity contribution in [2.75, 3.05) is 19.7 Å². The van der Waals surface area contributed by atoms with Crippen molar-refractivity contribution < 1.29 is 19.1 Å². The van der Waals surface area contributed by atoms with Gasteiger partial charge >= 0.3 is 12.0 Å². The first-order chi connectivity index (χ1) is 10.7. The molecule has 1 aliphatic rings. The van der Waals surface area contributed by atoms with E-state index in [-0.39, 0.29) is 30.8 Å². The fourth-order valence-corrected chi connectivity index (χ4v) is 2.32. The number of amides is 1. The van der Waals surface area contributed by atoms with Crippen LogP contribution in [0.4, 0.5) is 0 Å². The largest absolute Gasteiger partial charge is 0.466 e. The molecule has 1 aliphatic heterocycles. The fraction of sp³-hybridized carbons (Fsp3) is 0.600. The molecule has 0 N–H and O–H groups in total. The highest BCUT2D eigenvalue weighted by atomic mass is 16.5. The van der Waals surface area contributed by atoms with Crippen LogP contribution in [0.25, 0.3) is 0 Å². The van der Waals surface area contributed by atoms with Crippen LogP contribution in [0, 0.1) is 0 Å². The zero-order valence-corrected chi connectivity index (χ0v) is 12.7. The maximum Gasteiger partial charge on any atom is 0.316 e. The Bertz CT molecular complexity index is 487. The molecule has 0 radical (unpaired) electrons. The molecule has 2 rings (SSSR count). The summed E-state index contributed by atoms with van der Waals surface area (Å²) < 4.78 is 10.5. The average Bonchev–Trinajstić information content (AvgIpc) is 2.54. The summed E-state index contributed by atoms with van der Waals surface area (Å²) in [5, 5.41) is 0. The van der Waals surface area contributed by atoms with Gasteiger partial charge in [-0.05, 0) is 13.0 Å². The number of likely N-dealkylation sites (tertiary alicyclic amines) is 1.